The van der Waals surface area contributed by atoms with Crippen molar-refractivity contribution in [3.05, 3.63) is 57.0 Å². The van der Waals surface area contributed by atoms with Crippen molar-refractivity contribution in [3.8, 4) is 0 Å². The summed E-state index contributed by atoms with van der Waals surface area (Å²) >= 11 is 1.41. The van der Waals surface area contributed by atoms with E-state index in [1.54, 1.807) is 50.8 Å². The van der Waals surface area contributed by atoms with Gasteiger partial charge in [-0.1, -0.05) is 12.1 Å². The first-order valence-corrected chi connectivity index (χ1v) is 12.7. The third-order valence-corrected chi connectivity index (χ3v) is 7.30. The molecule has 9 heteroatoms. The van der Waals surface area contributed by atoms with Gasteiger partial charge in [0.2, 0.25) is 5.91 Å². The van der Waals surface area contributed by atoms with E-state index in [0.29, 0.717) is 37.4 Å². The minimum Gasteiger partial charge on any atom is -0.462 e. The summed E-state index contributed by atoms with van der Waals surface area (Å²) in [5.74, 6) is -0.793. The van der Waals surface area contributed by atoms with E-state index in [2.05, 4.69) is 0 Å². The van der Waals surface area contributed by atoms with Gasteiger partial charge in [-0.25, -0.2) is 14.0 Å². The molecule has 0 bridgehead atoms. The van der Waals surface area contributed by atoms with Crippen LogP contribution in [0.2, 0.25) is 0 Å². The van der Waals surface area contributed by atoms with E-state index in [1.165, 1.54) is 28.4 Å². The topological polar surface area (TPSA) is 76.2 Å². The van der Waals surface area contributed by atoms with E-state index in [-0.39, 0.29) is 36.2 Å². The van der Waals surface area contributed by atoms with Crippen molar-refractivity contribution < 1.29 is 28.2 Å². The van der Waals surface area contributed by atoms with Gasteiger partial charge in [0.1, 0.15) is 22.8 Å². The molecule has 2 unspecified atom stereocenters. The van der Waals surface area contributed by atoms with Gasteiger partial charge in [-0.2, -0.15) is 0 Å². The molecule has 1 fully saturated rings. The Kier molecular flexibility index (Phi) is 7.17. The smallest absolute Gasteiger partial charge is 0.411 e. The lowest BCUT2D eigenvalue weighted by molar-refractivity contribution is -0.133. The highest BCUT2D eigenvalue weighted by Crippen LogP contribution is 2.45. The number of carbonyl (C=O) groups is 3. The summed E-state index contributed by atoms with van der Waals surface area (Å²) in [6.45, 7) is 8.26. The zero-order valence-corrected chi connectivity index (χ0v) is 21.3. The monoisotopic (exact) mass is 502 g/mol. The molecule has 7 nitrogen and oxygen atoms in total. The first kappa shape index (κ1) is 25.2. The van der Waals surface area contributed by atoms with Crippen molar-refractivity contribution in [2.24, 2.45) is 0 Å². The Labute approximate surface area is 208 Å². The summed E-state index contributed by atoms with van der Waals surface area (Å²) in [4.78, 5) is 43.3. The van der Waals surface area contributed by atoms with E-state index < -0.39 is 11.7 Å². The number of hydrogen-bond donors (Lipinski definition) is 0. The Morgan fingerprint density at radius 1 is 1.20 bits per heavy atom. The predicted octanol–water partition coefficient (Wildman–Crippen LogP) is 4.74. The second-order valence-electron chi connectivity index (χ2n) is 9.91. The summed E-state index contributed by atoms with van der Waals surface area (Å²) in [5, 5.41) is 0. The highest BCUT2D eigenvalue weighted by molar-refractivity contribution is 7.14. The molecule has 1 aliphatic heterocycles. The Morgan fingerprint density at radius 3 is 2.57 bits per heavy atom. The SMILES string of the molecule is CCOC(=O)c1cc2c(s1)CCN(C(=O)CN(C(=O)OC(C)(C)C)C1CC1c1ccc(F)cc1)C2. The standard InChI is InChI=1S/C26H31FN2O5S/c1-5-33-24(31)22-12-17-14-28(11-10-21(17)35-22)23(30)15-29(25(32)34-26(2,3)4)20-13-19(20)16-6-8-18(27)9-7-16/h6-9,12,19-20H,5,10-11,13-15H2,1-4H3. The number of hydrogen-bond acceptors (Lipinski definition) is 6. The van der Waals surface area contributed by atoms with Crippen LogP contribution < -0.4 is 0 Å². The molecule has 2 atom stereocenters. The third kappa shape index (κ3) is 6.01. The first-order chi connectivity index (χ1) is 16.6. The van der Waals surface area contributed by atoms with Gasteiger partial charge in [0.25, 0.3) is 0 Å². The predicted molar refractivity (Wildman–Crippen MR) is 130 cm³/mol. The molecule has 0 spiro atoms. The molecular formula is C26H31FN2O5S. The molecule has 4 rings (SSSR count). The van der Waals surface area contributed by atoms with Crippen molar-refractivity contribution in [3.63, 3.8) is 0 Å². The maximum Gasteiger partial charge on any atom is 0.411 e. The highest BCUT2D eigenvalue weighted by atomic mass is 32.1. The fourth-order valence-electron chi connectivity index (χ4n) is 4.33. The minimum atomic E-state index is -0.696. The molecular weight excluding hydrogens is 471 g/mol. The molecule has 1 saturated carbocycles. The Balaban J connectivity index is 1.46. The van der Waals surface area contributed by atoms with Gasteiger partial charge >= 0.3 is 12.1 Å². The molecule has 2 aliphatic rings. The van der Waals surface area contributed by atoms with Gasteiger partial charge in [-0.15, -0.1) is 11.3 Å². The Morgan fingerprint density at radius 2 is 1.91 bits per heavy atom. The van der Waals surface area contributed by atoms with Crippen molar-refractivity contribution in [1.29, 1.82) is 0 Å². The van der Waals surface area contributed by atoms with Crippen LogP contribution in [0.1, 0.15) is 65.7 Å². The number of benzene rings is 1. The van der Waals surface area contributed by atoms with Crippen LogP contribution in [0.4, 0.5) is 9.18 Å². The van der Waals surface area contributed by atoms with Gasteiger partial charge in [0.15, 0.2) is 0 Å². The van der Waals surface area contributed by atoms with Gasteiger partial charge in [-0.3, -0.25) is 9.69 Å². The zero-order valence-electron chi connectivity index (χ0n) is 20.5. The van der Waals surface area contributed by atoms with Crippen LogP contribution in [0.5, 0.6) is 0 Å². The van der Waals surface area contributed by atoms with Crippen LogP contribution in [0, 0.1) is 5.82 Å². The molecule has 2 aromatic rings. The molecule has 2 heterocycles. The number of nitrogens with zero attached hydrogens (tertiary/aromatic N) is 2. The molecule has 1 aromatic carbocycles. The van der Waals surface area contributed by atoms with Crippen molar-refractivity contribution in [1.82, 2.24) is 9.80 Å². The summed E-state index contributed by atoms with van der Waals surface area (Å²) in [7, 11) is 0. The van der Waals surface area contributed by atoms with Crippen molar-refractivity contribution >= 4 is 29.3 Å². The summed E-state index contributed by atoms with van der Waals surface area (Å²) in [5.41, 5.74) is 1.18. The second-order valence-corrected chi connectivity index (χ2v) is 11.1. The number of fused-ring (bicyclic) bond motifs is 1. The van der Waals surface area contributed by atoms with E-state index in [1.807, 2.05) is 0 Å². The quantitative estimate of drug-likeness (QED) is 0.534. The number of thiophene rings is 1. The third-order valence-electron chi connectivity index (χ3n) is 6.08. The van der Waals surface area contributed by atoms with Crippen LogP contribution in [0.3, 0.4) is 0 Å². The van der Waals surface area contributed by atoms with E-state index in [9.17, 15) is 18.8 Å². The second kappa shape index (κ2) is 9.97. The summed E-state index contributed by atoms with van der Waals surface area (Å²) in [6.07, 6.45) is 0.813. The lowest BCUT2D eigenvalue weighted by Gasteiger charge is -2.31. The van der Waals surface area contributed by atoms with E-state index in [4.69, 9.17) is 9.47 Å². The Hall–Kier alpha value is -2.94. The van der Waals surface area contributed by atoms with Crippen LogP contribution in [-0.4, -0.2) is 59.1 Å². The number of esters is 1. The Bertz CT molecular complexity index is 1110. The summed E-state index contributed by atoms with van der Waals surface area (Å²) < 4.78 is 24.1. The van der Waals surface area contributed by atoms with Gasteiger partial charge < -0.3 is 14.4 Å². The number of amides is 2. The van der Waals surface area contributed by atoms with Gasteiger partial charge in [0, 0.05) is 29.9 Å². The molecule has 2 amide bonds. The zero-order chi connectivity index (χ0) is 25.3. The molecule has 0 radical (unpaired) electrons. The first-order valence-electron chi connectivity index (χ1n) is 11.9. The van der Waals surface area contributed by atoms with Gasteiger partial charge in [-0.05, 0) is 69.9 Å². The number of carbonyl (C=O) groups excluding carboxylic acids is 3. The fraction of sp³-hybridized carbons (Fsp3) is 0.500. The van der Waals surface area contributed by atoms with E-state index in [0.717, 1.165) is 16.0 Å². The number of rotatable bonds is 6. The largest absolute Gasteiger partial charge is 0.462 e. The molecule has 1 aromatic heterocycles. The van der Waals surface area contributed by atoms with Crippen LogP contribution in [0.25, 0.3) is 0 Å². The molecule has 0 saturated heterocycles. The van der Waals surface area contributed by atoms with Crippen molar-refractivity contribution in [2.75, 3.05) is 19.7 Å². The molecule has 35 heavy (non-hydrogen) atoms. The van der Waals surface area contributed by atoms with Crippen LogP contribution >= 0.6 is 11.3 Å². The molecule has 1 aliphatic carbocycles. The maximum absolute atomic E-state index is 13.3. The van der Waals surface area contributed by atoms with Gasteiger partial charge in [0.05, 0.1) is 6.61 Å². The number of ether oxygens (including phenoxy) is 2. The van der Waals surface area contributed by atoms with E-state index >= 15 is 0 Å². The maximum atomic E-state index is 13.3. The minimum absolute atomic E-state index is 0.0351. The number of halogens is 1. The van der Waals surface area contributed by atoms with Crippen LogP contribution in [0.15, 0.2) is 30.3 Å². The molecule has 188 valence electrons. The average Bonchev–Trinajstić information content (AvgIpc) is 3.45. The van der Waals surface area contributed by atoms with Crippen molar-refractivity contribution in [2.45, 2.75) is 64.6 Å². The lowest BCUT2D eigenvalue weighted by atomic mass is 10.1. The highest BCUT2D eigenvalue weighted by Gasteiger charge is 2.47. The lowest BCUT2D eigenvalue weighted by Crippen LogP contribution is -2.47. The fourth-order valence-corrected chi connectivity index (χ4v) is 5.38. The van der Waals surface area contributed by atoms with Crippen LogP contribution in [-0.2, 0) is 27.2 Å². The normalized spacial score (nSPS) is 19.1. The summed E-state index contributed by atoms with van der Waals surface area (Å²) in [6, 6.07) is 7.87. The average molecular weight is 503 g/mol. The molecule has 0 N–H and O–H groups in total.